The van der Waals surface area contributed by atoms with E-state index >= 15 is 0 Å². The van der Waals surface area contributed by atoms with Crippen LogP contribution in [0.25, 0.3) is 0 Å². The number of amides is 2. The number of nitrogens with one attached hydrogen (secondary N) is 1. The van der Waals surface area contributed by atoms with E-state index in [0.29, 0.717) is 11.3 Å². The summed E-state index contributed by atoms with van der Waals surface area (Å²) in [5, 5.41) is 2.48. The Hall–Kier alpha value is -1.56. The van der Waals surface area contributed by atoms with Crippen LogP contribution >= 0.6 is 15.9 Å². The first-order valence-electron chi connectivity index (χ1n) is 4.89. The van der Waals surface area contributed by atoms with Gasteiger partial charge in [-0.2, -0.15) is 0 Å². The Bertz CT molecular complexity index is 448. The van der Waals surface area contributed by atoms with Gasteiger partial charge in [0.25, 0.3) is 5.91 Å². The summed E-state index contributed by atoms with van der Waals surface area (Å²) in [4.78, 5) is 22.6. The molecule has 0 heterocycles. The van der Waals surface area contributed by atoms with Crippen LogP contribution in [-0.4, -0.2) is 25.0 Å². The molecule has 2 amide bonds. The van der Waals surface area contributed by atoms with E-state index in [2.05, 4.69) is 21.2 Å². The highest BCUT2D eigenvalue weighted by Crippen LogP contribution is 2.25. The lowest BCUT2D eigenvalue weighted by atomic mass is 10.2. The Labute approximate surface area is 107 Å². The van der Waals surface area contributed by atoms with Crippen molar-refractivity contribution < 1.29 is 14.3 Å². The number of methoxy groups -OCH3 is 1. The van der Waals surface area contributed by atoms with Crippen LogP contribution < -0.4 is 15.8 Å². The van der Waals surface area contributed by atoms with E-state index in [0.717, 1.165) is 4.47 Å². The average Bonchev–Trinajstić information content (AvgIpc) is 2.29. The Morgan fingerprint density at radius 2 is 2.12 bits per heavy atom. The molecule has 92 valence electrons. The van der Waals surface area contributed by atoms with Gasteiger partial charge in [-0.1, -0.05) is 0 Å². The second kappa shape index (κ2) is 5.67. The van der Waals surface area contributed by atoms with Crippen LogP contribution in [0, 0.1) is 0 Å². The fourth-order valence-electron chi connectivity index (χ4n) is 1.15. The third-order valence-electron chi connectivity index (χ3n) is 2.19. The summed E-state index contributed by atoms with van der Waals surface area (Å²) < 4.78 is 5.82. The number of hydrogen-bond acceptors (Lipinski definition) is 3. The molecule has 1 aromatic carbocycles. The first kappa shape index (κ1) is 13.5. The smallest absolute Gasteiger partial charge is 0.252 e. The van der Waals surface area contributed by atoms with E-state index < -0.39 is 11.9 Å². The quantitative estimate of drug-likeness (QED) is 0.872. The van der Waals surface area contributed by atoms with Crippen LogP contribution in [0.15, 0.2) is 22.7 Å². The van der Waals surface area contributed by atoms with Gasteiger partial charge in [0.2, 0.25) is 5.91 Å². The number of halogens is 1. The third kappa shape index (κ3) is 3.45. The van der Waals surface area contributed by atoms with Crippen molar-refractivity contribution in [3.05, 3.63) is 28.2 Å². The molecule has 0 unspecified atom stereocenters. The summed E-state index contributed by atoms with van der Waals surface area (Å²) in [7, 11) is 1.51. The van der Waals surface area contributed by atoms with Crippen LogP contribution in [0.4, 0.5) is 0 Å². The number of benzene rings is 1. The summed E-state index contributed by atoms with van der Waals surface area (Å²) in [6, 6.07) is 4.18. The molecule has 1 atom stereocenters. The SMILES string of the molecule is COc1cc(C(=O)N[C@H](C)C(N)=O)ccc1Br. The van der Waals surface area contributed by atoms with E-state index in [-0.39, 0.29) is 5.91 Å². The zero-order valence-electron chi connectivity index (χ0n) is 9.49. The Balaban J connectivity index is 2.86. The Kier molecular flexibility index (Phi) is 4.51. The molecule has 6 heteroatoms. The van der Waals surface area contributed by atoms with Gasteiger partial charge in [0.1, 0.15) is 11.8 Å². The number of nitrogens with two attached hydrogens (primary N) is 1. The van der Waals surface area contributed by atoms with Crippen LogP contribution in [0.5, 0.6) is 5.75 Å². The molecule has 0 aliphatic heterocycles. The Morgan fingerprint density at radius 3 is 2.65 bits per heavy atom. The van der Waals surface area contributed by atoms with Gasteiger partial charge >= 0.3 is 0 Å². The molecule has 0 fully saturated rings. The molecular formula is C11H13BrN2O3. The van der Waals surface area contributed by atoms with Crippen molar-refractivity contribution in [2.24, 2.45) is 5.73 Å². The average molecular weight is 301 g/mol. The molecule has 0 saturated heterocycles. The molecule has 1 rings (SSSR count). The van der Waals surface area contributed by atoms with E-state index in [4.69, 9.17) is 10.5 Å². The number of carbonyl (C=O) groups is 2. The van der Waals surface area contributed by atoms with Crippen LogP contribution in [0.2, 0.25) is 0 Å². The van der Waals surface area contributed by atoms with E-state index in [1.165, 1.54) is 14.0 Å². The van der Waals surface area contributed by atoms with Crippen molar-refractivity contribution in [1.82, 2.24) is 5.32 Å². The molecule has 3 N–H and O–H groups in total. The number of primary amides is 1. The number of rotatable bonds is 4. The summed E-state index contributed by atoms with van der Waals surface area (Å²) in [5.74, 6) is -0.408. The summed E-state index contributed by atoms with van der Waals surface area (Å²) in [5.41, 5.74) is 5.46. The first-order chi connectivity index (χ1) is 7.95. The molecule has 0 spiro atoms. The van der Waals surface area contributed by atoms with Crippen molar-refractivity contribution >= 4 is 27.7 Å². The first-order valence-corrected chi connectivity index (χ1v) is 5.68. The largest absolute Gasteiger partial charge is 0.496 e. The highest BCUT2D eigenvalue weighted by molar-refractivity contribution is 9.10. The van der Waals surface area contributed by atoms with E-state index in [9.17, 15) is 9.59 Å². The molecule has 0 saturated carbocycles. The van der Waals surface area contributed by atoms with Crippen molar-refractivity contribution in [2.45, 2.75) is 13.0 Å². The van der Waals surface area contributed by atoms with Crippen molar-refractivity contribution in [3.63, 3.8) is 0 Å². The predicted octanol–water partition coefficient (Wildman–Crippen LogP) is 1.06. The van der Waals surface area contributed by atoms with E-state index in [1.54, 1.807) is 18.2 Å². The second-order valence-corrected chi connectivity index (χ2v) is 4.30. The van der Waals surface area contributed by atoms with E-state index in [1.807, 2.05) is 0 Å². The summed E-state index contributed by atoms with van der Waals surface area (Å²) in [6.45, 7) is 1.52. The lowest BCUT2D eigenvalue weighted by Gasteiger charge is -2.11. The molecular weight excluding hydrogens is 288 g/mol. The topological polar surface area (TPSA) is 81.4 Å². The second-order valence-electron chi connectivity index (χ2n) is 3.45. The Morgan fingerprint density at radius 1 is 1.47 bits per heavy atom. The molecule has 0 aliphatic rings. The standard InChI is InChI=1S/C11H13BrN2O3/c1-6(10(13)15)14-11(16)7-3-4-8(12)9(5-7)17-2/h3-6H,1-2H3,(H2,13,15)(H,14,16)/t6-/m1/s1. The third-order valence-corrected chi connectivity index (χ3v) is 2.84. The van der Waals surface area contributed by atoms with Crippen LogP contribution in [-0.2, 0) is 4.79 Å². The molecule has 17 heavy (non-hydrogen) atoms. The van der Waals surface area contributed by atoms with Crippen molar-refractivity contribution in [1.29, 1.82) is 0 Å². The zero-order valence-corrected chi connectivity index (χ0v) is 11.1. The van der Waals surface area contributed by atoms with Gasteiger partial charge in [-0.3, -0.25) is 9.59 Å². The molecule has 0 bridgehead atoms. The number of carbonyl (C=O) groups excluding carboxylic acids is 2. The normalized spacial score (nSPS) is 11.7. The fourth-order valence-corrected chi connectivity index (χ4v) is 1.56. The lowest BCUT2D eigenvalue weighted by Crippen LogP contribution is -2.42. The van der Waals surface area contributed by atoms with Crippen LogP contribution in [0.1, 0.15) is 17.3 Å². The minimum Gasteiger partial charge on any atom is -0.496 e. The van der Waals surface area contributed by atoms with Gasteiger partial charge in [-0.15, -0.1) is 0 Å². The summed E-state index contributed by atoms with van der Waals surface area (Å²) >= 11 is 3.28. The minimum absolute atomic E-state index is 0.373. The van der Waals surface area contributed by atoms with Crippen LogP contribution in [0.3, 0.4) is 0 Å². The molecule has 0 radical (unpaired) electrons. The highest BCUT2D eigenvalue weighted by Gasteiger charge is 2.14. The molecule has 1 aromatic rings. The zero-order chi connectivity index (χ0) is 13.0. The van der Waals surface area contributed by atoms with Crippen molar-refractivity contribution in [2.75, 3.05) is 7.11 Å². The fraction of sp³-hybridized carbons (Fsp3) is 0.273. The molecule has 5 nitrogen and oxygen atoms in total. The number of ether oxygens (including phenoxy) is 1. The maximum absolute atomic E-state index is 11.7. The van der Waals surface area contributed by atoms with Gasteiger partial charge in [0.05, 0.1) is 11.6 Å². The maximum Gasteiger partial charge on any atom is 0.252 e. The van der Waals surface area contributed by atoms with Gasteiger partial charge in [-0.25, -0.2) is 0 Å². The highest BCUT2D eigenvalue weighted by atomic mass is 79.9. The van der Waals surface area contributed by atoms with Gasteiger partial charge in [-0.05, 0) is 41.1 Å². The van der Waals surface area contributed by atoms with Gasteiger partial charge in [0, 0.05) is 5.56 Å². The van der Waals surface area contributed by atoms with Gasteiger partial charge < -0.3 is 15.8 Å². The maximum atomic E-state index is 11.7. The van der Waals surface area contributed by atoms with Crippen molar-refractivity contribution in [3.8, 4) is 5.75 Å². The van der Waals surface area contributed by atoms with Gasteiger partial charge in [0.15, 0.2) is 0 Å². The summed E-state index contributed by atoms with van der Waals surface area (Å²) in [6.07, 6.45) is 0. The molecule has 0 aromatic heterocycles. The minimum atomic E-state index is -0.711. The molecule has 0 aliphatic carbocycles. The lowest BCUT2D eigenvalue weighted by molar-refractivity contribution is -0.119. The monoisotopic (exact) mass is 300 g/mol. The number of hydrogen-bond donors (Lipinski definition) is 2. The predicted molar refractivity (Wildman–Crippen MR) is 66.8 cm³/mol.